The van der Waals surface area contributed by atoms with Gasteiger partial charge in [-0.1, -0.05) is 0 Å². The van der Waals surface area contributed by atoms with Crippen molar-refractivity contribution in [3.63, 3.8) is 0 Å². The van der Waals surface area contributed by atoms with E-state index in [0.29, 0.717) is 32.8 Å². The van der Waals surface area contributed by atoms with Crippen LogP contribution in [0.5, 0.6) is 0 Å². The molecule has 4 rings (SSSR count). The number of rotatable bonds is 5. The molecule has 3 fully saturated rings. The first kappa shape index (κ1) is 22.1. The maximum absolute atomic E-state index is 13.0. The first-order valence-corrected chi connectivity index (χ1v) is 12.0. The van der Waals surface area contributed by atoms with Crippen molar-refractivity contribution in [1.82, 2.24) is 14.7 Å². The highest BCUT2D eigenvalue weighted by Crippen LogP contribution is 2.60. The third kappa shape index (κ3) is 5.03. The van der Waals surface area contributed by atoms with Gasteiger partial charge in [-0.05, 0) is 56.8 Å². The molecule has 0 aromatic carbocycles. The lowest BCUT2D eigenvalue weighted by Gasteiger charge is -2.36. The Bertz CT molecular complexity index is 825. The molecule has 3 amide bonds. The van der Waals surface area contributed by atoms with Crippen molar-refractivity contribution in [2.24, 2.45) is 11.3 Å². The third-order valence-electron chi connectivity index (χ3n) is 6.80. The minimum Gasteiger partial charge on any atom is -0.450 e. The van der Waals surface area contributed by atoms with E-state index in [1.54, 1.807) is 23.2 Å². The molecule has 3 aliphatic rings. The summed E-state index contributed by atoms with van der Waals surface area (Å²) in [5, 5.41) is 3.74. The normalized spacial score (nSPS) is 23.0. The van der Waals surface area contributed by atoms with Crippen LogP contribution >= 0.6 is 11.3 Å². The van der Waals surface area contributed by atoms with Crippen molar-refractivity contribution in [1.29, 1.82) is 0 Å². The van der Waals surface area contributed by atoms with Crippen LogP contribution in [0, 0.1) is 11.3 Å². The fourth-order valence-corrected chi connectivity index (χ4v) is 5.87. The zero-order chi connectivity index (χ0) is 22.0. The van der Waals surface area contributed by atoms with Crippen molar-refractivity contribution < 1.29 is 19.1 Å². The van der Waals surface area contributed by atoms with Gasteiger partial charge in [0.05, 0.1) is 11.6 Å². The van der Waals surface area contributed by atoms with E-state index in [2.05, 4.69) is 16.3 Å². The molecule has 3 heterocycles. The van der Waals surface area contributed by atoms with Crippen molar-refractivity contribution in [2.45, 2.75) is 39.7 Å². The van der Waals surface area contributed by atoms with E-state index in [0.717, 1.165) is 43.9 Å². The average molecular weight is 449 g/mol. The molecule has 1 aliphatic carbocycles. The Kier molecular flexibility index (Phi) is 6.52. The highest BCUT2D eigenvalue weighted by Gasteiger charge is 2.59. The third-order valence-corrected chi connectivity index (χ3v) is 7.78. The molecule has 170 valence electrons. The molecule has 1 aromatic rings. The molecule has 1 N–H and O–H groups in total. The molecule has 2 aliphatic heterocycles. The van der Waals surface area contributed by atoms with Crippen LogP contribution in [0.15, 0.2) is 12.1 Å². The Balaban J connectivity index is 1.22. The summed E-state index contributed by atoms with van der Waals surface area (Å²) in [6.07, 6.45) is 2.86. The van der Waals surface area contributed by atoms with Crippen LogP contribution in [0.2, 0.25) is 0 Å². The van der Waals surface area contributed by atoms with E-state index in [1.165, 1.54) is 11.8 Å². The number of piperazine rings is 1. The van der Waals surface area contributed by atoms with E-state index in [9.17, 15) is 14.4 Å². The number of likely N-dealkylation sites (tertiary alicyclic amines) is 1. The Morgan fingerprint density at radius 2 is 1.77 bits per heavy atom. The summed E-state index contributed by atoms with van der Waals surface area (Å²) in [6, 6.07) is 4.05. The Labute approximate surface area is 187 Å². The SMILES string of the molecule is CCOC(=O)N1CCN(C(=O)[C@@H]2CC23CCN(Cc2ccc(NC(C)=O)s2)CC3)CC1. The van der Waals surface area contributed by atoms with Gasteiger partial charge in [-0.25, -0.2) is 4.79 Å². The molecule has 0 radical (unpaired) electrons. The van der Waals surface area contributed by atoms with Gasteiger partial charge in [0, 0.05) is 50.4 Å². The van der Waals surface area contributed by atoms with Crippen LogP contribution in [0.1, 0.15) is 38.0 Å². The standard InChI is InChI=1S/C22H32N4O4S/c1-3-30-21(29)26-12-10-25(11-13-26)20(28)18-14-22(18)6-8-24(9-7-22)15-17-4-5-19(31-17)23-16(2)27/h4-5,18H,3,6-15H2,1-2H3,(H,23,27)/t18-/m0/s1. The first-order chi connectivity index (χ1) is 14.9. The molecule has 0 bridgehead atoms. The number of carbonyl (C=O) groups is 3. The van der Waals surface area contributed by atoms with Gasteiger partial charge in [0.15, 0.2) is 0 Å². The molecule has 1 aromatic heterocycles. The summed E-state index contributed by atoms with van der Waals surface area (Å²) in [6.45, 7) is 8.93. The molecular formula is C22H32N4O4S. The lowest BCUT2D eigenvalue weighted by molar-refractivity contribution is -0.135. The first-order valence-electron chi connectivity index (χ1n) is 11.2. The highest BCUT2D eigenvalue weighted by molar-refractivity contribution is 7.16. The van der Waals surface area contributed by atoms with Crippen LogP contribution in [0.4, 0.5) is 9.80 Å². The van der Waals surface area contributed by atoms with Gasteiger partial charge >= 0.3 is 6.09 Å². The minimum atomic E-state index is -0.278. The van der Waals surface area contributed by atoms with Crippen molar-refractivity contribution >= 4 is 34.2 Å². The van der Waals surface area contributed by atoms with Crippen LogP contribution in [-0.2, 0) is 20.9 Å². The molecule has 1 spiro atoms. The summed E-state index contributed by atoms with van der Waals surface area (Å²) < 4.78 is 5.06. The monoisotopic (exact) mass is 448 g/mol. The maximum Gasteiger partial charge on any atom is 0.409 e. The number of ether oxygens (including phenoxy) is 1. The number of hydrogen-bond donors (Lipinski definition) is 1. The molecule has 31 heavy (non-hydrogen) atoms. The lowest BCUT2D eigenvalue weighted by Crippen LogP contribution is -2.51. The van der Waals surface area contributed by atoms with Gasteiger partial charge in [-0.3, -0.25) is 14.5 Å². The Morgan fingerprint density at radius 3 is 2.42 bits per heavy atom. The Hall–Kier alpha value is -2.13. The van der Waals surface area contributed by atoms with Gasteiger partial charge < -0.3 is 19.9 Å². The van der Waals surface area contributed by atoms with E-state index in [-0.39, 0.29) is 29.2 Å². The summed E-state index contributed by atoms with van der Waals surface area (Å²) in [7, 11) is 0. The summed E-state index contributed by atoms with van der Waals surface area (Å²) in [5.74, 6) is 0.382. The summed E-state index contributed by atoms with van der Waals surface area (Å²) >= 11 is 1.63. The van der Waals surface area contributed by atoms with Crippen molar-refractivity contribution in [3.8, 4) is 0 Å². The quantitative estimate of drug-likeness (QED) is 0.749. The molecule has 1 atom stereocenters. The second kappa shape index (κ2) is 9.16. The number of nitrogens with one attached hydrogen (secondary N) is 1. The number of amides is 3. The van der Waals surface area contributed by atoms with Gasteiger partial charge in [0.2, 0.25) is 11.8 Å². The number of carbonyl (C=O) groups excluding carboxylic acids is 3. The molecule has 2 saturated heterocycles. The van der Waals surface area contributed by atoms with Crippen LogP contribution in [0.3, 0.4) is 0 Å². The topological polar surface area (TPSA) is 82.2 Å². The van der Waals surface area contributed by atoms with Gasteiger partial charge in [-0.2, -0.15) is 0 Å². The van der Waals surface area contributed by atoms with Crippen LogP contribution in [-0.4, -0.2) is 78.5 Å². The molecule has 1 saturated carbocycles. The molecule has 8 nitrogen and oxygen atoms in total. The fraction of sp³-hybridized carbons (Fsp3) is 0.682. The predicted molar refractivity (Wildman–Crippen MR) is 119 cm³/mol. The number of piperidine rings is 1. The van der Waals surface area contributed by atoms with E-state index in [4.69, 9.17) is 4.74 Å². The number of thiophene rings is 1. The summed E-state index contributed by atoms with van der Waals surface area (Å²) in [5.41, 5.74) is 0.183. The molecule has 9 heteroatoms. The predicted octanol–water partition coefficient (Wildman–Crippen LogP) is 2.61. The van der Waals surface area contributed by atoms with Crippen molar-refractivity contribution in [3.05, 3.63) is 17.0 Å². The smallest absolute Gasteiger partial charge is 0.409 e. The zero-order valence-corrected chi connectivity index (χ0v) is 19.2. The number of nitrogens with zero attached hydrogens (tertiary/aromatic N) is 3. The lowest BCUT2D eigenvalue weighted by atomic mass is 9.90. The summed E-state index contributed by atoms with van der Waals surface area (Å²) in [4.78, 5) is 43.4. The second-order valence-corrected chi connectivity index (χ2v) is 10.0. The Morgan fingerprint density at radius 1 is 1.10 bits per heavy atom. The van der Waals surface area contributed by atoms with E-state index < -0.39 is 0 Å². The highest BCUT2D eigenvalue weighted by atomic mass is 32.1. The van der Waals surface area contributed by atoms with Crippen LogP contribution < -0.4 is 5.32 Å². The minimum absolute atomic E-state index is 0.0416. The van der Waals surface area contributed by atoms with Gasteiger partial charge in [-0.15, -0.1) is 11.3 Å². The number of anilines is 1. The number of hydrogen-bond acceptors (Lipinski definition) is 6. The van der Waals surface area contributed by atoms with E-state index in [1.807, 2.05) is 11.0 Å². The maximum atomic E-state index is 13.0. The largest absolute Gasteiger partial charge is 0.450 e. The fourth-order valence-electron chi connectivity index (χ4n) is 4.87. The van der Waals surface area contributed by atoms with Gasteiger partial charge in [0.1, 0.15) is 0 Å². The second-order valence-electron chi connectivity index (χ2n) is 8.85. The van der Waals surface area contributed by atoms with E-state index >= 15 is 0 Å². The van der Waals surface area contributed by atoms with Gasteiger partial charge in [0.25, 0.3) is 0 Å². The average Bonchev–Trinajstić information content (AvgIpc) is 3.28. The molecule has 0 unspecified atom stereocenters. The zero-order valence-electron chi connectivity index (χ0n) is 18.4. The van der Waals surface area contributed by atoms with Crippen LogP contribution in [0.25, 0.3) is 0 Å². The van der Waals surface area contributed by atoms with Crippen molar-refractivity contribution in [2.75, 3.05) is 51.2 Å². The molecular weight excluding hydrogens is 416 g/mol.